The van der Waals surface area contributed by atoms with Crippen LogP contribution in [0, 0.1) is 0 Å². The van der Waals surface area contributed by atoms with Crippen LogP contribution in [0.2, 0.25) is 0 Å². The summed E-state index contributed by atoms with van der Waals surface area (Å²) in [5, 5.41) is 6.55. The Kier molecular flexibility index (Phi) is 10.5. The second-order valence-corrected chi connectivity index (χ2v) is 6.15. The predicted octanol–water partition coefficient (Wildman–Crippen LogP) is 3.70. The van der Waals surface area contributed by atoms with Crippen LogP contribution in [0.1, 0.15) is 18.9 Å². The molecule has 0 atom stereocenters. The summed E-state index contributed by atoms with van der Waals surface area (Å²) in [5.74, 6) is 1.55. The van der Waals surface area contributed by atoms with Crippen molar-refractivity contribution in [1.82, 2.24) is 5.32 Å². The molecule has 2 N–H and O–H groups in total. The summed E-state index contributed by atoms with van der Waals surface area (Å²) in [6.07, 6.45) is 0.862. The number of methoxy groups -OCH3 is 1. The van der Waals surface area contributed by atoms with Gasteiger partial charge in [0.25, 0.3) is 0 Å². The van der Waals surface area contributed by atoms with Crippen LogP contribution in [0.15, 0.2) is 59.6 Å². The molecule has 0 heterocycles. The molecule has 0 radical (unpaired) electrons. The van der Waals surface area contributed by atoms with Crippen LogP contribution in [0.3, 0.4) is 0 Å². The molecule has 0 aliphatic carbocycles. The molecule has 2 aromatic carbocycles. The fourth-order valence-electron chi connectivity index (χ4n) is 2.49. The van der Waals surface area contributed by atoms with Crippen molar-refractivity contribution in [3.05, 3.63) is 60.2 Å². The molecule has 2 aromatic rings. The molecule has 0 fully saturated rings. The first-order valence-electron chi connectivity index (χ1n) is 9.70. The number of nitrogens with one attached hydrogen (secondary N) is 2. The molecule has 6 nitrogen and oxygen atoms in total. The Morgan fingerprint density at radius 1 is 1.00 bits per heavy atom. The maximum absolute atomic E-state index is 5.75. The van der Waals surface area contributed by atoms with Crippen LogP contribution < -0.4 is 15.4 Å². The third kappa shape index (κ3) is 8.88. The summed E-state index contributed by atoms with van der Waals surface area (Å²) < 4.78 is 16.5. The van der Waals surface area contributed by atoms with Gasteiger partial charge in [0.2, 0.25) is 0 Å². The number of guanidine groups is 1. The molecule has 0 amide bonds. The Morgan fingerprint density at radius 2 is 1.86 bits per heavy atom. The van der Waals surface area contributed by atoms with Crippen molar-refractivity contribution in [3.63, 3.8) is 0 Å². The minimum Gasteiger partial charge on any atom is -0.493 e. The third-order valence-electron chi connectivity index (χ3n) is 3.82. The SMILES string of the molecule is CCNC(=NCCOCc1ccccc1)Nc1cccc(OCCCOC)c1. The Labute approximate surface area is 167 Å². The fourth-order valence-corrected chi connectivity index (χ4v) is 2.49. The average Bonchev–Trinajstić information content (AvgIpc) is 2.72. The molecule has 152 valence electrons. The quantitative estimate of drug-likeness (QED) is 0.331. The molecule has 0 aliphatic heterocycles. The highest BCUT2D eigenvalue weighted by molar-refractivity contribution is 5.93. The molecule has 0 bridgehead atoms. The Bertz CT molecular complexity index is 692. The second-order valence-electron chi connectivity index (χ2n) is 6.15. The van der Waals surface area contributed by atoms with Gasteiger partial charge in [0, 0.05) is 38.4 Å². The molecule has 0 aliphatic rings. The van der Waals surface area contributed by atoms with Crippen molar-refractivity contribution in [1.29, 1.82) is 0 Å². The summed E-state index contributed by atoms with van der Waals surface area (Å²) in [4.78, 5) is 4.57. The van der Waals surface area contributed by atoms with Crippen molar-refractivity contribution in [2.45, 2.75) is 20.0 Å². The number of ether oxygens (including phenoxy) is 3. The van der Waals surface area contributed by atoms with Gasteiger partial charge in [-0.25, -0.2) is 0 Å². The van der Waals surface area contributed by atoms with E-state index >= 15 is 0 Å². The van der Waals surface area contributed by atoms with Crippen LogP contribution in [-0.2, 0) is 16.1 Å². The summed E-state index contributed by atoms with van der Waals surface area (Å²) >= 11 is 0. The molecule has 0 saturated carbocycles. The van der Waals surface area contributed by atoms with E-state index in [2.05, 4.69) is 27.8 Å². The van der Waals surface area contributed by atoms with E-state index < -0.39 is 0 Å². The number of nitrogens with zero attached hydrogens (tertiary/aromatic N) is 1. The summed E-state index contributed by atoms with van der Waals surface area (Å²) in [6.45, 7) is 5.89. The van der Waals surface area contributed by atoms with Crippen LogP contribution in [0.5, 0.6) is 5.75 Å². The second kappa shape index (κ2) is 13.6. The Morgan fingerprint density at radius 3 is 2.64 bits per heavy atom. The largest absolute Gasteiger partial charge is 0.493 e. The predicted molar refractivity (Wildman–Crippen MR) is 114 cm³/mol. The topological polar surface area (TPSA) is 64.1 Å². The minimum atomic E-state index is 0.564. The molecule has 2 rings (SSSR count). The monoisotopic (exact) mass is 385 g/mol. The van der Waals surface area contributed by atoms with E-state index in [9.17, 15) is 0 Å². The van der Waals surface area contributed by atoms with Gasteiger partial charge < -0.3 is 24.8 Å². The van der Waals surface area contributed by atoms with Gasteiger partial charge in [-0.15, -0.1) is 0 Å². The van der Waals surface area contributed by atoms with E-state index in [-0.39, 0.29) is 0 Å². The fraction of sp³-hybridized carbons (Fsp3) is 0.409. The summed E-state index contributed by atoms with van der Waals surface area (Å²) in [5.41, 5.74) is 2.09. The van der Waals surface area contributed by atoms with Crippen molar-refractivity contribution in [3.8, 4) is 5.75 Å². The van der Waals surface area contributed by atoms with Crippen molar-refractivity contribution >= 4 is 11.6 Å². The Hall–Kier alpha value is -2.57. The number of hydrogen-bond acceptors (Lipinski definition) is 4. The van der Waals surface area contributed by atoms with E-state index in [0.717, 1.165) is 30.4 Å². The molecular weight excluding hydrogens is 354 g/mol. The van der Waals surface area contributed by atoms with Gasteiger partial charge in [-0.2, -0.15) is 0 Å². The lowest BCUT2D eigenvalue weighted by atomic mass is 10.2. The van der Waals surface area contributed by atoms with Crippen molar-refractivity contribution in [2.24, 2.45) is 4.99 Å². The molecule has 0 unspecified atom stereocenters. The van der Waals surface area contributed by atoms with E-state index in [1.54, 1.807) is 7.11 Å². The lowest BCUT2D eigenvalue weighted by molar-refractivity contribution is 0.128. The van der Waals surface area contributed by atoms with Crippen molar-refractivity contribution < 1.29 is 14.2 Å². The zero-order valence-electron chi connectivity index (χ0n) is 16.8. The van der Waals surface area contributed by atoms with Crippen LogP contribution >= 0.6 is 0 Å². The normalized spacial score (nSPS) is 11.3. The standard InChI is InChI=1S/C22H31N3O3/c1-3-23-22(24-13-16-27-18-19-9-5-4-6-10-19)25-20-11-7-12-21(17-20)28-15-8-14-26-2/h4-7,9-12,17H,3,8,13-16,18H2,1-2H3,(H2,23,24,25). The van der Waals surface area contributed by atoms with Crippen molar-refractivity contribution in [2.75, 3.05) is 45.3 Å². The lowest BCUT2D eigenvalue weighted by Crippen LogP contribution is -2.31. The number of aliphatic imine (C=N–C) groups is 1. The van der Waals surface area contributed by atoms with Crippen LogP contribution in [0.25, 0.3) is 0 Å². The third-order valence-corrected chi connectivity index (χ3v) is 3.82. The maximum Gasteiger partial charge on any atom is 0.195 e. The first-order valence-corrected chi connectivity index (χ1v) is 9.70. The van der Waals surface area contributed by atoms with Gasteiger partial charge in [-0.05, 0) is 24.6 Å². The highest BCUT2D eigenvalue weighted by Crippen LogP contribution is 2.17. The zero-order valence-corrected chi connectivity index (χ0v) is 16.8. The van der Waals surface area contributed by atoms with E-state index in [4.69, 9.17) is 14.2 Å². The lowest BCUT2D eigenvalue weighted by Gasteiger charge is -2.13. The van der Waals surface area contributed by atoms with Gasteiger partial charge in [0.15, 0.2) is 5.96 Å². The number of benzene rings is 2. The molecule has 28 heavy (non-hydrogen) atoms. The highest BCUT2D eigenvalue weighted by Gasteiger charge is 2.01. The van der Waals surface area contributed by atoms with Gasteiger partial charge in [-0.1, -0.05) is 36.4 Å². The van der Waals surface area contributed by atoms with E-state index in [0.29, 0.717) is 33.0 Å². The van der Waals surface area contributed by atoms with E-state index in [1.165, 1.54) is 5.56 Å². The van der Waals surface area contributed by atoms with E-state index in [1.807, 2.05) is 49.4 Å². The molecule has 0 saturated heterocycles. The molecular formula is C22H31N3O3. The summed E-state index contributed by atoms with van der Waals surface area (Å²) in [7, 11) is 1.69. The highest BCUT2D eigenvalue weighted by atomic mass is 16.5. The smallest absolute Gasteiger partial charge is 0.195 e. The van der Waals surface area contributed by atoms with Gasteiger partial charge in [0.05, 0.1) is 26.4 Å². The number of rotatable bonds is 12. The molecule has 0 aromatic heterocycles. The maximum atomic E-state index is 5.75. The number of anilines is 1. The van der Waals surface area contributed by atoms with Gasteiger partial charge in [-0.3, -0.25) is 4.99 Å². The molecule has 6 heteroatoms. The van der Waals surface area contributed by atoms with Crippen LogP contribution in [-0.4, -0.2) is 46.0 Å². The zero-order chi connectivity index (χ0) is 19.9. The minimum absolute atomic E-state index is 0.564. The summed E-state index contributed by atoms with van der Waals surface area (Å²) in [6, 6.07) is 18.0. The average molecular weight is 386 g/mol. The first kappa shape index (κ1) is 21.7. The van der Waals surface area contributed by atoms with Gasteiger partial charge >= 0.3 is 0 Å². The van der Waals surface area contributed by atoms with Gasteiger partial charge in [0.1, 0.15) is 5.75 Å². The Balaban J connectivity index is 1.79. The molecule has 0 spiro atoms. The number of hydrogen-bond donors (Lipinski definition) is 2. The first-order chi connectivity index (χ1) is 13.8. The van der Waals surface area contributed by atoms with Crippen LogP contribution in [0.4, 0.5) is 5.69 Å².